The largest absolute Gasteiger partial charge is 0.459 e. The first kappa shape index (κ1) is 10.6. The average molecular weight is 222 g/mol. The highest BCUT2D eigenvalue weighted by Gasteiger charge is 2.23. The maximum atomic E-state index is 11.8. The SMILES string of the molecule is Cc1ccc(S)cc1C(=O)OC1CCC1. The average Bonchev–Trinajstić information content (AvgIpc) is 2.15. The van der Waals surface area contributed by atoms with E-state index in [9.17, 15) is 4.79 Å². The topological polar surface area (TPSA) is 26.3 Å². The zero-order valence-corrected chi connectivity index (χ0v) is 9.59. The van der Waals surface area contributed by atoms with Gasteiger partial charge in [-0.05, 0) is 43.9 Å². The van der Waals surface area contributed by atoms with Gasteiger partial charge in [0.1, 0.15) is 6.10 Å². The molecule has 80 valence electrons. The highest BCUT2D eigenvalue weighted by Crippen LogP contribution is 2.24. The van der Waals surface area contributed by atoms with Crippen LogP contribution < -0.4 is 0 Å². The number of carbonyl (C=O) groups excluding carboxylic acids is 1. The number of benzene rings is 1. The van der Waals surface area contributed by atoms with Crippen LogP contribution in [0.25, 0.3) is 0 Å². The fraction of sp³-hybridized carbons (Fsp3) is 0.417. The van der Waals surface area contributed by atoms with Gasteiger partial charge in [-0.1, -0.05) is 6.07 Å². The normalized spacial score (nSPS) is 15.9. The molecule has 1 saturated carbocycles. The van der Waals surface area contributed by atoms with Crippen molar-refractivity contribution >= 4 is 18.6 Å². The van der Waals surface area contributed by atoms with E-state index in [1.807, 2.05) is 19.1 Å². The van der Waals surface area contributed by atoms with Crippen LogP contribution in [-0.4, -0.2) is 12.1 Å². The van der Waals surface area contributed by atoms with Crippen LogP contribution in [-0.2, 0) is 4.74 Å². The van der Waals surface area contributed by atoms with Gasteiger partial charge in [0, 0.05) is 4.90 Å². The molecule has 0 amide bonds. The standard InChI is InChI=1S/C12H14O2S/c1-8-5-6-10(15)7-11(8)12(13)14-9-3-2-4-9/h5-7,9,15H,2-4H2,1H3. The lowest BCUT2D eigenvalue weighted by atomic mass is 9.96. The van der Waals surface area contributed by atoms with Gasteiger partial charge < -0.3 is 4.74 Å². The Balaban J connectivity index is 2.12. The fourth-order valence-corrected chi connectivity index (χ4v) is 1.74. The minimum Gasteiger partial charge on any atom is -0.459 e. The third kappa shape index (κ3) is 2.34. The summed E-state index contributed by atoms with van der Waals surface area (Å²) in [4.78, 5) is 12.6. The Morgan fingerprint density at radius 1 is 1.47 bits per heavy atom. The van der Waals surface area contributed by atoms with Crippen LogP contribution in [0.3, 0.4) is 0 Å². The maximum absolute atomic E-state index is 11.8. The lowest BCUT2D eigenvalue weighted by molar-refractivity contribution is 0.00891. The second-order valence-electron chi connectivity index (χ2n) is 3.96. The van der Waals surface area contributed by atoms with Gasteiger partial charge in [0.2, 0.25) is 0 Å². The minimum atomic E-state index is -0.215. The number of carbonyl (C=O) groups is 1. The molecule has 3 heteroatoms. The Labute approximate surface area is 95.0 Å². The van der Waals surface area contributed by atoms with Crippen molar-refractivity contribution in [3.8, 4) is 0 Å². The molecule has 0 heterocycles. The first-order valence-electron chi connectivity index (χ1n) is 5.17. The molecule has 1 aromatic rings. The Kier molecular flexibility index (Phi) is 3.00. The molecule has 0 bridgehead atoms. The van der Waals surface area contributed by atoms with Gasteiger partial charge in [-0.15, -0.1) is 12.6 Å². The van der Waals surface area contributed by atoms with Gasteiger partial charge in [-0.3, -0.25) is 0 Å². The van der Waals surface area contributed by atoms with Crippen molar-refractivity contribution in [2.45, 2.75) is 37.2 Å². The number of thiol groups is 1. The first-order chi connectivity index (χ1) is 7.16. The lowest BCUT2D eigenvalue weighted by Crippen LogP contribution is -2.25. The zero-order chi connectivity index (χ0) is 10.8. The van der Waals surface area contributed by atoms with Crippen molar-refractivity contribution in [2.75, 3.05) is 0 Å². The molecule has 0 aliphatic heterocycles. The molecule has 0 aromatic heterocycles. The molecule has 0 atom stereocenters. The van der Waals surface area contributed by atoms with E-state index in [2.05, 4.69) is 12.6 Å². The van der Waals surface area contributed by atoms with Gasteiger partial charge in [0.25, 0.3) is 0 Å². The van der Waals surface area contributed by atoms with Crippen molar-refractivity contribution in [2.24, 2.45) is 0 Å². The van der Waals surface area contributed by atoms with Crippen LogP contribution in [0.1, 0.15) is 35.2 Å². The molecule has 0 spiro atoms. The predicted molar refractivity (Wildman–Crippen MR) is 61.5 cm³/mol. The van der Waals surface area contributed by atoms with Crippen LogP contribution >= 0.6 is 12.6 Å². The Morgan fingerprint density at radius 2 is 2.20 bits per heavy atom. The van der Waals surface area contributed by atoms with Gasteiger partial charge >= 0.3 is 5.97 Å². The van der Waals surface area contributed by atoms with Gasteiger partial charge in [-0.2, -0.15) is 0 Å². The maximum Gasteiger partial charge on any atom is 0.338 e. The monoisotopic (exact) mass is 222 g/mol. The smallest absolute Gasteiger partial charge is 0.338 e. The third-order valence-corrected chi connectivity index (χ3v) is 3.05. The van der Waals surface area contributed by atoms with Crippen molar-refractivity contribution in [3.63, 3.8) is 0 Å². The summed E-state index contributed by atoms with van der Waals surface area (Å²) in [6, 6.07) is 5.53. The number of esters is 1. The molecule has 2 rings (SSSR count). The number of rotatable bonds is 2. The summed E-state index contributed by atoms with van der Waals surface area (Å²) in [5.41, 5.74) is 1.58. The van der Waals surface area contributed by atoms with E-state index >= 15 is 0 Å². The molecule has 1 fully saturated rings. The van der Waals surface area contributed by atoms with Gasteiger partial charge in [0.15, 0.2) is 0 Å². The van der Waals surface area contributed by atoms with Gasteiger partial charge in [0.05, 0.1) is 5.56 Å². The molecule has 2 nitrogen and oxygen atoms in total. The van der Waals surface area contributed by atoms with Crippen molar-refractivity contribution in [3.05, 3.63) is 29.3 Å². The van der Waals surface area contributed by atoms with E-state index < -0.39 is 0 Å². The Hall–Kier alpha value is -0.960. The van der Waals surface area contributed by atoms with Crippen LogP contribution in [0.4, 0.5) is 0 Å². The van der Waals surface area contributed by atoms with Crippen LogP contribution in [0.15, 0.2) is 23.1 Å². The minimum absolute atomic E-state index is 0.139. The first-order valence-corrected chi connectivity index (χ1v) is 5.62. The zero-order valence-electron chi connectivity index (χ0n) is 8.69. The summed E-state index contributed by atoms with van der Waals surface area (Å²) in [5.74, 6) is -0.215. The lowest BCUT2D eigenvalue weighted by Gasteiger charge is -2.25. The van der Waals surface area contributed by atoms with E-state index in [0.717, 1.165) is 23.3 Å². The van der Waals surface area contributed by atoms with Crippen LogP contribution in [0, 0.1) is 6.92 Å². The molecule has 0 radical (unpaired) electrons. The van der Waals surface area contributed by atoms with Crippen LogP contribution in [0.5, 0.6) is 0 Å². The van der Waals surface area contributed by atoms with E-state index in [0.29, 0.717) is 5.56 Å². The molecule has 1 aliphatic rings. The third-order valence-electron chi connectivity index (χ3n) is 2.77. The van der Waals surface area contributed by atoms with Crippen molar-refractivity contribution in [1.82, 2.24) is 0 Å². The summed E-state index contributed by atoms with van der Waals surface area (Å²) in [7, 11) is 0. The highest BCUT2D eigenvalue weighted by molar-refractivity contribution is 7.80. The summed E-state index contributed by atoms with van der Waals surface area (Å²) in [6.07, 6.45) is 3.32. The molecular weight excluding hydrogens is 208 g/mol. The number of ether oxygens (including phenoxy) is 1. The summed E-state index contributed by atoms with van der Waals surface area (Å²) in [5, 5.41) is 0. The second-order valence-corrected chi connectivity index (χ2v) is 4.47. The predicted octanol–water partition coefficient (Wildman–Crippen LogP) is 2.99. The number of hydrogen-bond donors (Lipinski definition) is 1. The van der Waals surface area contributed by atoms with Crippen molar-refractivity contribution in [1.29, 1.82) is 0 Å². The Bertz CT molecular complexity index is 383. The quantitative estimate of drug-likeness (QED) is 0.615. The summed E-state index contributed by atoms with van der Waals surface area (Å²) < 4.78 is 5.34. The van der Waals surface area contributed by atoms with Gasteiger partial charge in [-0.25, -0.2) is 4.79 Å². The molecule has 1 aliphatic carbocycles. The molecule has 15 heavy (non-hydrogen) atoms. The Morgan fingerprint density at radius 3 is 2.80 bits per heavy atom. The van der Waals surface area contributed by atoms with Crippen LogP contribution in [0.2, 0.25) is 0 Å². The number of aryl methyl sites for hydroxylation is 1. The molecule has 1 aromatic carbocycles. The molecule has 0 unspecified atom stereocenters. The summed E-state index contributed by atoms with van der Waals surface area (Å²) in [6.45, 7) is 1.91. The van der Waals surface area contributed by atoms with Crippen molar-refractivity contribution < 1.29 is 9.53 Å². The van der Waals surface area contributed by atoms with E-state index in [1.54, 1.807) is 6.07 Å². The fourth-order valence-electron chi connectivity index (χ4n) is 1.53. The highest BCUT2D eigenvalue weighted by atomic mass is 32.1. The van der Waals surface area contributed by atoms with E-state index in [-0.39, 0.29) is 12.1 Å². The van der Waals surface area contributed by atoms with E-state index in [1.165, 1.54) is 6.42 Å². The molecule has 0 saturated heterocycles. The molecule has 0 N–H and O–H groups in total. The number of hydrogen-bond acceptors (Lipinski definition) is 3. The van der Waals surface area contributed by atoms with E-state index in [4.69, 9.17) is 4.74 Å². The molecular formula is C12H14O2S. The summed E-state index contributed by atoms with van der Waals surface area (Å²) >= 11 is 4.22. The second kappa shape index (κ2) is 4.27.